The van der Waals surface area contributed by atoms with E-state index in [1.807, 2.05) is 4.90 Å². The highest BCUT2D eigenvalue weighted by Crippen LogP contribution is 2.24. The number of halogens is 3. The van der Waals surface area contributed by atoms with Crippen LogP contribution in [-0.4, -0.2) is 53.9 Å². The lowest BCUT2D eigenvalue weighted by atomic mass is 10.2. The quantitative estimate of drug-likeness (QED) is 0.252. The Morgan fingerprint density at radius 2 is 2.23 bits per heavy atom. The van der Waals surface area contributed by atoms with Crippen LogP contribution in [0, 0.1) is 11.6 Å². The summed E-state index contributed by atoms with van der Waals surface area (Å²) in [5.41, 5.74) is 0.418. The van der Waals surface area contributed by atoms with E-state index in [-0.39, 0.29) is 30.0 Å². The molecule has 31 heavy (non-hydrogen) atoms. The number of aliphatic imine (C=N–C) groups is 1. The fourth-order valence-electron chi connectivity index (χ4n) is 3.45. The van der Waals surface area contributed by atoms with Crippen LogP contribution in [0.3, 0.4) is 0 Å². The molecule has 3 aromatic rings. The molecule has 1 aliphatic heterocycles. The molecule has 1 aromatic carbocycles. The van der Waals surface area contributed by atoms with Crippen LogP contribution in [0.2, 0.25) is 0 Å². The number of hydrogen-bond acceptors (Lipinski definition) is 5. The van der Waals surface area contributed by atoms with Gasteiger partial charge in [0.15, 0.2) is 11.7 Å². The Morgan fingerprint density at radius 1 is 1.35 bits per heavy atom. The van der Waals surface area contributed by atoms with Gasteiger partial charge in [0.1, 0.15) is 17.5 Å². The number of furan rings is 1. The molecule has 2 aromatic heterocycles. The van der Waals surface area contributed by atoms with Gasteiger partial charge in [0, 0.05) is 45.2 Å². The number of hydrogen-bond donors (Lipinski definition) is 3. The highest BCUT2D eigenvalue weighted by Gasteiger charge is 2.25. The van der Waals surface area contributed by atoms with E-state index >= 15 is 0 Å². The average molecular weight is 543 g/mol. The van der Waals surface area contributed by atoms with Gasteiger partial charge in [0.25, 0.3) is 0 Å². The fraction of sp³-hybridized carbons (Fsp3) is 0.350. The molecule has 0 bridgehead atoms. The topological polar surface area (TPSA) is 94.4 Å². The van der Waals surface area contributed by atoms with Gasteiger partial charge in [-0.05, 0) is 30.7 Å². The molecule has 1 saturated heterocycles. The molecule has 1 aliphatic rings. The minimum absolute atomic E-state index is 0. The number of rotatable bonds is 6. The van der Waals surface area contributed by atoms with Crippen LogP contribution in [0.25, 0.3) is 11.6 Å². The van der Waals surface area contributed by atoms with Crippen molar-refractivity contribution in [3.63, 3.8) is 0 Å². The van der Waals surface area contributed by atoms with Gasteiger partial charge in [0.2, 0.25) is 5.82 Å². The summed E-state index contributed by atoms with van der Waals surface area (Å²) in [5, 5.41) is 13.6. The van der Waals surface area contributed by atoms with Crippen molar-refractivity contribution in [1.82, 2.24) is 25.8 Å². The Labute approximate surface area is 195 Å². The molecule has 166 valence electrons. The molecule has 3 heterocycles. The van der Waals surface area contributed by atoms with E-state index in [0.29, 0.717) is 49.3 Å². The molecule has 8 nitrogen and oxygen atoms in total. The van der Waals surface area contributed by atoms with E-state index in [1.165, 1.54) is 12.1 Å². The Bertz CT molecular complexity index is 1010. The third kappa shape index (κ3) is 5.71. The van der Waals surface area contributed by atoms with Crippen molar-refractivity contribution >= 4 is 35.6 Å². The molecular weight excluding hydrogens is 519 g/mol. The van der Waals surface area contributed by atoms with Gasteiger partial charge in [-0.3, -0.25) is 10.1 Å². The molecule has 0 aliphatic carbocycles. The largest absolute Gasteiger partial charge is 0.461 e. The first-order valence-electron chi connectivity index (χ1n) is 9.74. The highest BCUT2D eigenvalue weighted by atomic mass is 127. The summed E-state index contributed by atoms with van der Waals surface area (Å²) in [7, 11) is 1.70. The SMILES string of the molecule is CN=C(NCCc1nc(-c2ccco2)n[nH]1)NC1CCN(c2ccc(F)cc2F)C1.I. The molecule has 0 saturated carbocycles. The Morgan fingerprint density at radius 3 is 2.97 bits per heavy atom. The standard InChI is InChI=1S/C20H23F2N7O.HI/c1-23-20(24-8-6-18-26-19(28-27-18)17-3-2-10-30-17)25-14-7-9-29(12-14)16-5-4-13(21)11-15(16)22;/h2-5,10-11,14H,6-9,12H2,1H3,(H2,23,24,25)(H,26,27,28);1H. The van der Waals surface area contributed by atoms with Crippen molar-refractivity contribution < 1.29 is 13.2 Å². The van der Waals surface area contributed by atoms with Gasteiger partial charge in [0.05, 0.1) is 12.0 Å². The van der Waals surface area contributed by atoms with Gasteiger partial charge < -0.3 is 20.0 Å². The first kappa shape index (κ1) is 23.0. The average Bonchev–Trinajstić information content (AvgIpc) is 3.49. The number of nitrogens with zero attached hydrogens (tertiary/aromatic N) is 4. The molecular formula is C20H24F2IN7O. The van der Waals surface area contributed by atoms with E-state index in [1.54, 1.807) is 25.4 Å². The van der Waals surface area contributed by atoms with Crippen LogP contribution >= 0.6 is 24.0 Å². The van der Waals surface area contributed by atoms with E-state index < -0.39 is 11.6 Å². The number of anilines is 1. The third-order valence-electron chi connectivity index (χ3n) is 4.93. The number of aromatic amines is 1. The smallest absolute Gasteiger partial charge is 0.216 e. The van der Waals surface area contributed by atoms with Gasteiger partial charge in [-0.1, -0.05) is 0 Å². The molecule has 1 atom stereocenters. The van der Waals surface area contributed by atoms with Crippen LogP contribution < -0.4 is 15.5 Å². The molecule has 1 unspecified atom stereocenters. The summed E-state index contributed by atoms with van der Waals surface area (Å²) >= 11 is 0. The van der Waals surface area contributed by atoms with Crippen LogP contribution in [0.4, 0.5) is 14.5 Å². The Hall–Kier alpha value is -2.70. The second-order valence-corrected chi connectivity index (χ2v) is 7.00. The van der Waals surface area contributed by atoms with Crippen LogP contribution in [-0.2, 0) is 6.42 Å². The van der Waals surface area contributed by atoms with Gasteiger partial charge in [-0.2, -0.15) is 5.10 Å². The minimum atomic E-state index is -0.572. The summed E-state index contributed by atoms with van der Waals surface area (Å²) in [4.78, 5) is 10.6. The lowest BCUT2D eigenvalue weighted by Crippen LogP contribution is -2.45. The van der Waals surface area contributed by atoms with E-state index in [4.69, 9.17) is 4.42 Å². The second kappa shape index (κ2) is 10.6. The Balaban J connectivity index is 0.00000272. The maximum atomic E-state index is 14.0. The predicted octanol–water partition coefficient (Wildman–Crippen LogP) is 2.95. The zero-order valence-electron chi connectivity index (χ0n) is 16.9. The molecule has 0 amide bonds. The van der Waals surface area contributed by atoms with Gasteiger partial charge in [-0.15, -0.1) is 24.0 Å². The molecule has 0 radical (unpaired) electrons. The molecule has 4 rings (SSSR count). The van der Waals surface area contributed by atoms with E-state index in [0.717, 1.165) is 18.3 Å². The van der Waals surface area contributed by atoms with Crippen molar-refractivity contribution in [3.8, 4) is 11.6 Å². The zero-order valence-corrected chi connectivity index (χ0v) is 19.3. The number of benzene rings is 1. The predicted molar refractivity (Wildman–Crippen MR) is 125 cm³/mol. The van der Waals surface area contributed by atoms with Crippen molar-refractivity contribution in [2.45, 2.75) is 18.9 Å². The normalized spacial score (nSPS) is 16.3. The first-order chi connectivity index (χ1) is 14.6. The summed E-state index contributed by atoms with van der Waals surface area (Å²) < 4.78 is 32.4. The van der Waals surface area contributed by atoms with Crippen molar-refractivity contribution in [2.75, 3.05) is 31.6 Å². The molecule has 11 heteroatoms. The van der Waals surface area contributed by atoms with E-state index in [9.17, 15) is 8.78 Å². The zero-order chi connectivity index (χ0) is 20.9. The second-order valence-electron chi connectivity index (χ2n) is 7.00. The first-order valence-corrected chi connectivity index (χ1v) is 9.74. The lowest BCUT2D eigenvalue weighted by molar-refractivity contribution is 0.577. The summed E-state index contributed by atoms with van der Waals surface area (Å²) in [5.74, 6) is 1.43. The minimum Gasteiger partial charge on any atom is -0.461 e. The van der Waals surface area contributed by atoms with Crippen LogP contribution in [0.1, 0.15) is 12.2 Å². The number of guanidine groups is 1. The van der Waals surface area contributed by atoms with Crippen LogP contribution in [0.5, 0.6) is 0 Å². The van der Waals surface area contributed by atoms with E-state index in [2.05, 4.69) is 30.8 Å². The molecule has 0 spiro atoms. The van der Waals surface area contributed by atoms with Crippen LogP contribution in [0.15, 0.2) is 46.0 Å². The highest BCUT2D eigenvalue weighted by molar-refractivity contribution is 14.0. The molecule has 1 fully saturated rings. The third-order valence-corrected chi connectivity index (χ3v) is 4.93. The number of H-pyrrole nitrogens is 1. The van der Waals surface area contributed by atoms with Crippen molar-refractivity contribution in [3.05, 3.63) is 54.1 Å². The summed E-state index contributed by atoms with van der Waals surface area (Å²) in [6.45, 7) is 1.90. The lowest BCUT2D eigenvalue weighted by Gasteiger charge is -2.20. The number of aromatic nitrogens is 3. The van der Waals surface area contributed by atoms with Crippen molar-refractivity contribution in [2.24, 2.45) is 4.99 Å². The molecule has 3 N–H and O–H groups in total. The van der Waals surface area contributed by atoms with Gasteiger partial charge >= 0.3 is 0 Å². The number of nitrogens with one attached hydrogen (secondary N) is 3. The Kier molecular flexibility index (Phi) is 7.82. The summed E-state index contributed by atoms with van der Waals surface area (Å²) in [6.07, 6.45) is 3.04. The summed E-state index contributed by atoms with van der Waals surface area (Å²) in [6, 6.07) is 7.37. The monoisotopic (exact) mass is 543 g/mol. The maximum absolute atomic E-state index is 14.0. The van der Waals surface area contributed by atoms with Crippen molar-refractivity contribution in [1.29, 1.82) is 0 Å². The maximum Gasteiger partial charge on any atom is 0.216 e. The van der Waals surface area contributed by atoms with Gasteiger partial charge in [-0.25, -0.2) is 13.8 Å². The fourth-order valence-corrected chi connectivity index (χ4v) is 3.45.